The molecule has 2 aliphatic heterocycles. The topological polar surface area (TPSA) is 38.2 Å². The van der Waals surface area contributed by atoms with Gasteiger partial charge in [0.25, 0.3) is 0 Å². The summed E-state index contributed by atoms with van der Waals surface area (Å²) < 4.78 is 19.2. The van der Waals surface area contributed by atoms with E-state index in [1.807, 2.05) is 0 Å². The molecule has 18 heavy (non-hydrogen) atoms. The van der Waals surface area contributed by atoms with Gasteiger partial charge in [0.2, 0.25) is 0 Å². The molecule has 2 saturated heterocycles. The maximum Gasteiger partial charge on any atom is 0.181 e. The molecule has 2 aliphatic rings. The van der Waals surface area contributed by atoms with Crippen molar-refractivity contribution in [2.24, 2.45) is 0 Å². The highest BCUT2D eigenvalue weighted by molar-refractivity contribution is 6.29. The van der Waals surface area contributed by atoms with Gasteiger partial charge in [0.15, 0.2) is 16.8 Å². The highest BCUT2D eigenvalue weighted by Crippen LogP contribution is 2.29. The van der Waals surface area contributed by atoms with E-state index in [2.05, 4.69) is 14.9 Å². The van der Waals surface area contributed by atoms with Crippen LogP contribution in [0.25, 0.3) is 0 Å². The Hall–Kier alpha value is -0.780. The monoisotopic (exact) mass is 271 g/mol. The molecular formula is C12H15ClFN3O. The first-order chi connectivity index (χ1) is 8.65. The molecular weight excluding hydrogens is 257 g/mol. The van der Waals surface area contributed by atoms with Crippen LogP contribution >= 0.6 is 11.6 Å². The third-order valence-corrected chi connectivity index (χ3v) is 3.92. The average Bonchev–Trinajstić information content (AvgIpc) is 2.82. The van der Waals surface area contributed by atoms with Gasteiger partial charge in [-0.15, -0.1) is 0 Å². The average molecular weight is 272 g/mol. The van der Waals surface area contributed by atoms with Crippen LogP contribution in [0, 0.1) is 12.7 Å². The minimum atomic E-state index is -0.546. The number of aromatic nitrogens is 2. The number of fused-ring (bicyclic) bond motifs is 1. The van der Waals surface area contributed by atoms with E-state index in [-0.39, 0.29) is 17.0 Å². The molecule has 0 spiro atoms. The van der Waals surface area contributed by atoms with Crippen LogP contribution in [-0.2, 0) is 4.74 Å². The van der Waals surface area contributed by atoms with E-state index < -0.39 is 5.82 Å². The lowest BCUT2D eigenvalue weighted by Crippen LogP contribution is -2.42. The quantitative estimate of drug-likeness (QED) is 0.734. The molecule has 6 heteroatoms. The molecule has 1 aromatic heterocycles. The summed E-state index contributed by atoms with van der Waals surface area (Å²) in [6.07, 6.45) is 2.21. The molecule has 3 heterocycles. The van der Waals surface area contributed by atoms with Crippen LogP contribution in [0.4, 0.5) is 4.39 Å². The van der Waals surface area contributed by atoms with Crippen molar-refractivity contribution >= 4 is 11.6 Å². The van der Waals surface area contributed by atoms with Crippen LogP contribution in [0.5, 0.6) is 0 Å². The first-order valence-electron chi connectivity index (χ1n) is 6.20. The molecule has 0 bridgehead atoms. The van der Waals surface area contributed by atoms with Gasteiger partial charge in [-0.1, -0.05) is 11.6 Å². The Morgan fingerprint density at radius 1 is 1.44 bits per heavy atom. The lowest BCUT2D eigenvalue weighted by atomic mass is 10.2. The van der Waals surface area contributed by atoms with Crippen LogP contribution in [-0.4, -0.2) is 40.6 Å². The van der Waals surface area contributed by atoms with Crippen molar-refractivity contribution in [3.05, 3.63) is 22.5 Å². The molecule has 0 aromatic carbocycles. The van der Waals surface area contributed by atoms with Gasteiger partial charge in [0.05, 0.1) is 12.3 Å². The van der Waals surface area contributed by atoms with Crippen molar-refractivity contribution in [3.63, 3.8) is 0 Å². The zero-order valence-corrected chi connectivity index (χ0v) is 11.0. The number of ether oxygens (including phenoxy) is 1. The lowest BCUT2D eigenvalue weighted by Gasteiger charge is -2.34. The highest BCUT2D eigenvalue weighted by Gasteiger charge is 2.34. The van der Waals surface area contributed by atoms with E-state index in [4.69, 9.17) is 16.3 Å². The Labute approximate surface area is 110 Å². The van der Waals surface area contributed by atoms with Crippen molar-refractivity contribution in [1.29, 1.82) is 0 Å². The maximum absolute atomic E-state index is 13.4. The Morgan fingerprint density at radius 3 is 3.06 bits per heavy atom. The summed E-state index contributed by atoms with van der Waals surface area (Å²) in [5.41, 5.74) is 0.275. The summed E-state index contributed by atoms with van der Waals surface area (Å²) in [6, 6.07) is 0.526. The SMILES string of the molecule is Cc1nc(C2CN3CCCC3CO2)nc(Cl)c1F. The molecule has 2 unspecified atom stereocenters. The van der Waals surface area contributed by atoms with Crippen LogP contribution < -0.4 is 0 Å². The van der Waals surface area contributed by atoms with Crippen LogP contribution in [0.1, 0.15) is 30.5 Å². The fourth-order valence-corrected chi connectivity index (χ4v) is 2.89. The zero-order valence-electron chi connectivity index (χ0n) is 10.2. The van der Waals surface area contributed by atoms with E-state index >= 15 is 0 Å². The number of halogens is 2. The van der Waals surface area contributed by atoms with Gasteiger partial charge in [-0.3, -0.25) is 4.90 Å². The standard InChI is InChI=1S/C12H15ClFN3O/c1-7-10(14)11(13)16-12(15-7)9-5-17-4-2-3-8(17)6-18-9/h8-9H,2-6H2,1H3. The number of aryl methyl sites for hydroxylation is 1. The fraction of sp³-hybridized carbons (Fsp3) is 0.667. The summed E-state index contributed by atoms with van der Waals surface area (Å²) >= 11 is 5.75. The van der Waals surface area contributed by atoms with Gasteiger partial charge in [-0.25, -0.2) is 14.4 Å². The van der Waals surface area contributed by atoms with Crippen molar-refractivity contribution in [2.45, 2.75) is 31.9 Å². The molecule has 0 radical (unpaired) electrons. The molecule has 0 amide bonds. The van der Waals surface area contributed by atoms with Crippen LogP contribution in [0.3, 0.4) is 0 Å². The van der Waals surface area contributed by atoms with Gasteiger partial charge in [-0.05, 0) is 26.3 Å². The molecule has 0 saturated carbocycles. The molecule has 2 fully saturated rings. The molecule has 2 atom stereocenters. The summed E-state index contributed by atoms with van der Waals surface area (Å²) in [7, 11) is 0. The molecule has 98 valence electrons. The normalized spacial score (nSPS) is 28.4. The van der Waals surface area contributed by atoms with E-state index in [9.17, 15) is 4.39 Å². The number of nitrogens with zero attached hydrogens (tertiary/aromatic N) is 3. The van der Waals surface area contributed by atoms with Crippen LogP contribution in [0.2, 0.25) is 5.15 Å². The lowest BCUT2D eigenvalue weighted by molar-refractivity contribution is -0.0542. The Bertz CT molecular complexity index is 448. The zero-order chi connectivity index (χ0) is 12.7. The van der Waals surface area contributed by atoms with Crippen molar-refractivity contribution in [2.75, 3.05) is 19.7 Å². The van der Waals surface area contributed by atoms with Gasteiger partial charge in [0.1, 0.15) is 6.10 Å². The maximum atomic E-state index is 13.4. The van der Waals surface area contributed by atoms with Gasteiger partial charge < -0.3 is 4.74 Å². The number of morpholine rings is 1. The fourth-order valence-electron chi connectivity index (χ4n) is 2.66. The predicted molar refractivity (Wildman–Crippen MR) is 65.0 cm³/mol. The first-order valence-corrected chi connectivity index (χ1v) is 6.58. The molecule has 4 nitrogen and oxygen atoms in total. The van der Waals surface area contributed by atoms with E-state index in [1.165, 1.54) is 12.8 Å². The van der Waals surface area contributed by atoms with E-state index in [0.717, 1.165) is 13.1 Å². The second kappa shape index (κ2) is 4.72. The summed E-state index contributed by atoms with van der Waals surface area (Å²) in [4.78, 5) is 10.5. The summed E-state index contributed by atoms with van der Waals surface area (Å²) in [5, 5.41) is -0.121. The predicted octanol–water partition coefficient (Wildman–Crippen LogP) is 2.11. The third kappa shape index (κ3) is 2.11. The van der Waals surface area contributed by atoms with Gasteiger partial charge in [0, 0.05) is 12.6 Å². The number of hydrogen-bond donors (Lipinski definition) is 0. The minimum Gasteiger partial charge on any atom is -0.367 e. The number of rotatable bonds is 1. The number of hydrogen-bond acceptors (Lipinski definition) is 4. The Balaban J connectivity index is 1.83. The van der Waals surface area contributed by atoms with E-state index in [0.29, 0.717) is 18.5 Å². The van der Waals surface area contributed by atoms with Gasteiger partial charge in [-0.2, -0.15) is 0 Å². The van der Waals surface area contributed by atoms with Gasteiger partial charge >= 0.3 is 0 Å². The van der Waals surface area contributed by atoms with Crippen LogP contribution in [0.15, 0.2) is 0 Å². The Morgan fingerprint density at radius 2 is 2.28 bits per heavy atom. The summed E-state index contributed by atoms with van der Waals surface area (Å²) in [5.74, 6) is -0.0560. The molecule has 0 N–H and O–H groups in total. The Kier molecular flexibility index (Phi) is 3.21. The largest absolute Gasteiger partial charge is 0.367 e. The van der Waals surface area contributed by atoms with Crippen molar-refractivity contribution in [1.82, 2.24) is 14.9 Å². The second-order valence-corrected chi connectivity index (χ2v) is 5.24. The highest BCUT2D eigenvalue weighted by atomic mass is 35.5. The molecule has 1 aromatic rings. The van der Waals surface area contributed by atoms with E-state index in [1.54, 1.807) is 6.92 Å². The molecule has 0 aliphatic carbocycles. The second-order valence-electron chi connectivity index (χ2n) is 4.88. The van der Waals surface area contributed by atoms with Crippen molar-refractivity contribution in [3.8, 4) is 0 Å². The summed E-state index contributed by atoms with van der Waals surface area (Å²) in [6.45, 7) is 4.15. The third-order valence-electron chi connectivity index (χ3n) is 3.67. The first kappa shape index (κ1) is 12.3. The van der Waals surface area contributed by atoms with Crippen molar-refractivity contribution < 1.29 is 9.13 Å². The minimum absolute atomic E-state index is 0.121. The smallest absolute Gasteiger partial charge is 0.181 e. The molecule has 3 rings (SSSR count).